The highest BCUT2D eigenvalue weighted by Gasteiger charge is 2.06. The zero-order chi connectivity index (χ0) is 14.3. The van der Waals surface area contributed by atoms with Gasteiger partial charge in [0.15, 0.2) is 0 Å². The van der Waals surface area contributed by atoms with Crippen LogP contribution in [0, 0.1) is 0 Å². The van der Waals surface area contributed by atoms with E-state index in [1.165, 1.54) is 57.8 Å². The molecule has 0 bridgehead atoms. The van der Waals surface area contributed by atoms with E-state index in [2.05, 4.69) is 6.92 Å². The van der Waals surface area contributed by atoms with Crippen molar-refractivity contribution < 1.29 is 9.90 Å². The van der Waals surface area contributed by atoms with Crippen LogP contribution in [0.2, 0.25) is 0 Å². The van der Waals surface area contributed by atoms with E-state index in [1.807, 2.05) is 0 Å². The number of aliphatic hydroxyl groups is 1. The van der Waals surface area contributed by atoms with Crippen LogP contribution in [-0.2, 0) is 4.79 Å². The molecule has 0 unspecified atom stereocenters. The van der Waals surface area contributed by atoms with Crippen LogP contribution in [-0.4, -0.2) is 17.1 Å². The number of hydrogen-bond acceptors (Lipinski definition) is 2. The normalized spacial score (nSPS) is 12.5. The molecule has 0 aliphatic carbocycles. The fourth-order valence-electron chi connectivity index (χ4n) is 2.38. The maximum absolute atomic E-state index is 10.6. The van der Waals surface area contributed by atoms with Gasteiger partial charge in [-0.2, -0.15) is 0 Å². The molecule has 114 valence electrons. The van der Waals surface area contributed by atoms with Gasteiger partial charge in [-0.15, -0.1) is 0 Å². The average molecular weight is 271 g/mol. The van der Waals surface area contributed by atoms with E-state index in [0.717, 1.165) is 12.8 Å². The van der Waals surface area contributed by atoms with Gasteiger partial charge in [-0.3, -0.25) is 4.79 Å². The van der Waals surface area contributed by atoms with E-state index < -0.39 is 12.0 Å². The fourth-order valence-corrected chi connectivity index (χ4v) is 2.38. The average Bonchev–Trinajstić information content (AvgIpc) is 2.35. The molecule has 0 aromatic heterocycles. The van der Waals surface area contributed by atoms with Crippen molar-refractivity contribution in [3.8, 4) is 0 Å². The molecule has 0 aliphatic rings. The first-order valence-electron chi connectivity index (χ1n) is 8.13. The van der Waals surface area contributed by atoms with Crippen molar-refractivity contribution in [2.75, 3.05) is 0 Å². The van der Waals surface area contributed by atoms with Gasteiger partial charge in [0.05, 0.1) is 12.5 Å². The Kier molecular flexibility index (Phi) is 13.4. The monoisotopic (exact) mass is 271 g/mol. The largest absolute Gasteiger partial charge is 0.393 e. The molecule has 3 nitrogen and oxygen atoms in total. The summed E-state index contributed by atoms with van der Waals surface area (Å²) in [7, 11) is 0. The molecule has 0 saturated heterocycles. The summed E-state index contributed by atoms with van der Waals surface area (Å²) in [6.45, 7) is 2.25. The number of unbranched alkanes of at least 4 members (excludes halogenated alkanes) is 10. The van der Waals surface area contributed by atoms with Crippen molar-refractivity contribution in [2.24, 2.45) is 5.73 Å². The van der Waals surface area contributed by atoms with Crippen LogP contribution < -0.4 is 5.73 Å². The first-order chi connectivity index (χ1) is 9.16. The van der Waals surface area contributed by atoms with Crippen molar-refractivity contribution >= 4 is 5.91 Å². The van der Waals surface area contributed by atoms with Crippen LogP contribution in [0.15, 0.2) is 0 Å². The highest BCUT2D eigenvalue weighted by Crippen LogP contribution is 2.13. The van der Waals surface area contributed by atoms with E-state index in [9.17, 15) is 9.90 Å². The Hall–Kier alpha value is -0.570. The minimum Gasteiger partial charge on any atom is -0.393 e. The van der Waals surface area contributed by atoms with Crippen LogP contribution in [0.1, 0.15) is 90.4 Å². The lowest BCUT2D eigenvalue weighted by Gasteiger charge is -2.07. The van der Waals surface area contributed by atoms with Crippen LogP contribution >= 0.6 is 0 Å². The number of amides is 1. The van der Waals surface area contributed by atoms with Gasteiger partial charge in [0.1, 0.15) is 0 Å². The molecule has 0 fully saturated rings. The summed E-state index contributed by atoms with van der Waals surface area (Å²) in [4.78, 5) is 10.6. The molecule has 1 atom stereocenters. The van der Waals surface area contributed by atoms with Crippen LogP contribution in [0.5, 0.6) is 0 Å². The Labute approximate surface area is 119 Å². The topological polar surface area (TPSA) is 63.3 Å². The zero-order valence-electron chi connectivity index (χ0n) is 12.7. The smallest absolute Gasteiger partial charge is 0.220 e. The van der Waals surface area contributed by atoms with Crippen molar-refractivity contribution in [3.63, 3.8) is 0 Å². The summed E-state index contributed by atoms with van der Waals surface area (Å²) in [5.41, 5.74) is 5.02. The number of carbonyl (C=O) groups is 1. The minimum atomic E-state index is -0.531. The lowest BCUT2D eigenvalue weighted by atomic mass is 10.0. The maximum atomic E-state index is 10.6. The van der Waals surface area contributed by atoms with Crippen LogP contribution in [0.4, 0.5) is 0 Å². The Bertz CT molecular complexity index is 207. The van der Waals surface area contributed by atoms with E-state index in [0.29, 0.717) is 6.42 Å². The molecular weight excluding hydrogens is 238 g/mol. The molecule has 0 radical (unpaired) electrons. The molecule has 0 aromatic carbocycles. The SMILES string of the molecule is CCCCCCCCCCCCC[C@H](O)CC(N)=O. The van der Waals surface area contributed by atoms with Crippen LogP contribution in [0.25, 0.3) is 0 Å². The van der Waals surface area contributed by atoms with Gasteiger partial charge in [0.25, 0.3) is 0 Å². The standard InChI is InChI=1S/C16H33NO2/c1-2-3-4-5-6-7-8-9-10-11-12-13-15(18)14-16(17)19/h15,18H,2-14H2,1H3,(H2,17,19)/t15-/m0/s1. The van der Waals surface area contributed by atoms with E-state index in [1.54, 1.807) is 0 Å². The van der Waals surface area contributed by atoms with Crippen molar-refractivity contribution in [2.45, 2.75) is 96.5 Å². The third-order valence-electron chi connectivity index (χ3n) is 3.58. The number of carbonyl (C=O) groups excluding carboxylic acids is 1. The Morgan fingerprint density at radius 1 is 0.895 bits per heavy atom. The molecule has 0 spiro atoms. The van der Waals surface area contributed by atoms with E-state index >= 15 is 0 Å². The third kappa shape index (κ3) is 15.4. The fraction of sp³-hybridized carbons (Fsp3) is 0.938. The first kappa shape index (κ1) is 18.4. The number of rotatable bonds is 14. The van der Waals surface area contributed by atoms with Gasteiger partial charge >= 0.3 is 0 Å². The summed E-state index contributed by atoms with van der Waals surface area (Å²) >= 11 is 0. The molecular formula is C16H33NO2. The zero-order valence-corrected chi connectivity index (χ0v) is 12.7. The summed E-state index contributed by atoms with van der Waals surface area (Å²) in [6, 6.07) is 0. The Balaban J connectivity index is 3.08. The minimum absolute atomic E-state index is 0.109. The molecule has 0 heterocycles. The highest BCUT2D eigenvalue weighted by molar-refractivity contribution is 5.74. The number of nitrogens with two attached hydrogens (primary N) is 1. The second-order valence-electron chi connectivity index (χ2n) is 5.65. The molecule has 3 heteroatoms. The second-order valence-corrected chi connectivity index (χ2v) is 5.65. The van der Waals surface area contributed by atoms with E-state index in [-0.39, 0.29) is 6.42 Å². The maximum Gasteiger partial charge on any atom is 0.220 e. The second kappa shape index (κ2) is 13.9. The van der Waals surface area contributed by atoms with Crippen molar-refractivity contribution in [1.29, 1.82) is 0 Å². The molecule has 1 amide bonds. The molecule has 0 saturated carbocycles. The summed E-state index contributed by atoms with van der Waals surface area (Å²) < 4.78 is 0. The third-order valence-corrected chi connectivity index (χ3v) is 3.58. The van der Waals surface area contributed by atoms with Gasteiger partial charge in [-0.25, -0.2) is 0 Å². The number of aliphatic hydroxyl groups excluding tert-OH is 1. The van der Waals surface area contributed by atoms with Gasteiger partial charge in [0, 0.05) is 0 Å². The summed E-state index contributed by atoms with van der Waals surface area (Å²) in [5.74, 6) is -0.407. The van der Waals surface area contributed by atoms with Crippen molar-refractivity contribution in [3.05, 3.63) is 0 Å². The van der Waals surface area contributed by atoms with Crippen LogP contribution in [0.3, 0.4) is 0 Å². The Morgan fingerprint density at radius 2 is 1.32 bits per heavy atom. The lowest BCUT2D eigenvalue weighted by Crippen LogP contribution is -2.19. The molecule has 19 heavy (non-hydrogen) atoms. The van der Waals surface area contributed by atoms with Gasteiger partial charge in [-0.05, 0) is 6.42 Å². The highest BCUT2D eigenvalue weighted by atomic mass is 16.3. The van der Waals surface area contributed by atoms with Gasteiger partial charge < -0.3 is 10.8 Å². The molecule has 3 N–H and O–H groups in total. The lowest BCUT2D eigenvalue weighted by molar-refractivity contribution is -0.119. The predicted octanol–water partition coefficient (Wildman–Crippen LogP) is 3.92. The predicted molar refractivity (Wildman–Crippen MR) is 80.9 cm³/mol. The molecule has 0 aromatic rings. The Morgan fingerprint density at radius 3 is 1.74 bits per heavy atom. The summed E-state index contributed by atoms with van der Waals surface area (Å²) in [6.07, 6.45) is 14.6. The van der Waals surface area contributed by atoms with E-state index in [4.69, 9.17) is 5.73 Å². The quantitative estimate of drug-likeness (QED) is 0.470. The molecule has 0 rings (SSSR count). The number of hydrogen-bond donors (Lipinski definition) is 2. The summed E-state index contributed by atoms with van der Waals surface area (Å²) in [5, 5.41) is 9.46. The van der Waals surface area contributed by atoms with Gasteiger partial charge in [-0.1, -0.05) is 77.6 Å². The van der Waals surface area contributed by atoms with Crippen molar-refractivity contribution in [1.82, 2.24) is 0 Å². The van der Waals surface area contributed by atoms with Gasteiger partial charge in [0.2, 0.25) is 5.91 Å². The number of primary amides is 1. The first-order valence-corrected chi connectivity index (χ1v) is 8.13. The molecule has 0 aliphatic heterocycles.